The van der Waals surface area contributed by atoms with Gasteiger partial charge in [0.2, 0.25) is 0 Å². The van der Waals surface area contributed by atoms with Crippen LogP contribution in [0.4, 0.5) is 0 Å². The molecule has 0 fully saturated rings. The number of nitrogens with one attached hydrogen (secondary N) is 1. The molecule has 1 aromatic heterocycles. The van der Waals surface area contributed by atoms with Gasteiger partial charge in [0.1, 0.15) is 0 Å². The molecule has 0 saturated carbocycles. The van der Waals surface area contributed by atoms with E-state index in [1.807, 2.05) is 6.92 Å². The number of hydrogen-bond donors (Lipinski definition) is 1. The molecule has 0 atom stereocenters. The Kier molecular flexibility index (Phi) is 2.84. The summed E-state index contributed by atoms with van der Waals surface area (Å²) in [6, 6.07) is 4.25. The molecule has 0 amide bonds. The van der Waals surface area contributed by atoms with Gasteiger partial charge >= 0.3 is 5.69 Å². The van der Waals surface area contributed by atoms with Crippen LogP contribution >= 0.6 is 0 Å². The average Bonchev–Trinajstić information content (AvgIpc) is 2.21. The van der Waals surface area contributed by atoms with E-state index >= 15 is 0 Å². The highest BCUT2D eigenvalue weighted by Crippen LogP contribution is 2.27. The Labute approximate surface area is 101 Å². The summed E-state index contributed by atoms with van der Waals surface area (Å²) < 4.78 is 0. The summed E-state index contributed by atoms with van der Waals surface area (Å²) in [5.74, 6) is 0. The monoisotopic (exact) mass is 228 g/mol. The van der Waals surface area contributed by atoms with Gasteiger partial charge in [-0.2, -0.15) is 0 Å². The predicted octanol–water partition coefficient (Wildman–Crippen LogP) is 2.67. The first-order chi connectivity index (χ1) is 7.99. The van der Waals surface area contributed by atoms with Crippen LogP contribution in [-0.2, 0) is 0 Å². The molecule has 0 radical (unpaired) electrons. The quantitative estimate of drug-likeness (QED) is 0.815. The van der Waals surface area contributed by atoms with Gasteiger partial charge in [0.05, 0.1) is 5.69 Å². The largest absolute Gasteiger partial charge is 0.345 e. The van der Waals surface area contributed by atoms with E-state index in [-0.39, 0.29) is 5.69 Å². The van der Waals surface area contributed by atoms with Gasteiger partial charge in [-0.05, 0) is 44.4 Å². The number of hydrogen-bond acceptors (Lipinski definition) is 2. The van der Waals surface area contributed by atoms with Crippen LogP contribution in [0.5, 0.6) is 0 Å². The minimum absolute atomic E-state index is 0.301. The molecular weight excluding hydrogens is 212 g/mol. The fourth-order valence-electron chi connectivity index (χ4n) is 2.29. The van der Waals surface area contributed by atoms with Crippen LogP contribution < -0.4 is 5.69 Å². The number of aromatic amines is 1. The molecule has 0 spiro atoms. The van der Waals surface area contributed by atoms with E-state index in [1.54, 1.807) is 6.20 Å². The third-order valence-corrected chi connectivity index (χ3v) is 2.93. The normalized spacial score (nSPS) is 10.6. The van der Waals surface area contributed by atoms with Gasteiger partial charge in [0.15, 0.2) is 0 Å². The lowest BCUT2D eigenvalue weighted by Crippen LogP contribution is -2.12. The van der Waals surface area contributed by atoms with E-state index in [4.69, 9.17) is 0 Å². The zero-order valence-corrected chi connectivity index (χ0v) is 10.6. The fourth-order valence-corrected chi connectivity index (χ4v) is 2.29. The maximum absolute atomic E-state index is 11.3. The first kappa shape index (κ1) is 11.6. The number of nitrogens with zero attached hydrogens (tertiary/aromatic N) is 1. The molecule has 1 aromatic carbocycles. The lowest BCUT2D eigenvalue weighted by atomic mass is 9.95. The molecule has 3 nitrogen and oxygen atoms in total. The van der Waals surface area contributed by atoms with E-state index in [9.17, 15) is 4.79 Å². The lowest BCUT2D eigenvalue weighted by Gasteiger charge is -2.12. The Hall–Kier alpha value is -1.90. The maximum atomic E-state index is 11.3. The highest BCUT2D eigenvalue weighted by atomic mass is 16.1. The third kappa shape index (κ3) is 2.13. The Morgan fingerprint density at radius 3 is 2.18 bits per heavy atom. The first-order valence-corrected chi connectivity index (χ1v) is 5.63. The molecule has 0 unspecified atom stereocenters. The lowest BCUT2D eigenvalue weighted by molar-refractivity contribution is 1.05. The van der Waals surface area contributed by atoms with Crippen molar-refractivity contribution in [2.24, 2.45) is 0 Å². The molecule has 88 valence electrons. The van der Waals surface area contributed by atoms with Crippen LogP contribution in [0, 0.1) is 27.7 Å². The SMILES string of the molecule is Cc1cc(C)c(-c2[nH]c(=O)ncc2C)c(C)c1. The molecule has 2 aromatic rings. The van der Waals surface area contributed by atoms with Crippen LogP contribution in [0.3, 0.4) is 0 Å². The van der Waals surface area contributed by atoms with Gasteiger partial charge in [-0.1, -0.05) is 17.7 Å². The van der Waals surface area contributed by atoms with Crippen molar-refractivity contribution >= 4 is 0 Å². The van der Waals surface area contributed by atoms with Crippen molar-refractivity contribution in [3.05, 3.63) is 51.1 Å². The molecule has 1 N–H and O–H groups in total. The van der Waals surface area contributed by atoms with Gasteiger partial charge in [0.25, 0.3) is 0 Å². The van der Waals surface area contributed by atoms with Gasteiger partial charge in [0, 0.05) is 11.8 Å². The van der Waals surface area contributed by atoms with Crippen molar-refractivity contribution < 1.29 is 0 Å². The van der Waals surface area contributed by atoms with Crippen molar-refractivity contribution in [1.82, 2.24) is 9.97 Å². The topological polar surface area (TPSA) is 45.8 Å². The number of aromatic nitrogens is 2. The maximum Gasteiger partial charge on any atom is 0.345 e. The van der Waals surface area contributed by atoms with Crippen molar-refractivity contribution in [2.45, 2.75) is 27.7 Å². The van der Waals surface area contributed by atoms with Gasteiger partial charge in [-0.3, -0.25) is 0 Å². The molecule has 17 heavy (non-hydrogen) atoms. The van der Waals surface area contributed by atoms with E-state index < -0.39 is 0 Å². The highest BCUT2D eigenvalue weighted by Gasteiger charge is 2.10. The minimum atomic E-state index is -0.301. The summed E-state index contributed by atoms with van der Waals surface area (Å²) in [6.07, 6.45) is 1.62. The number of rotatable bonds is 1. The van der Waals surface area contributed by atoms with Crippen molar-refractivity contribution in [2.75, 3.05) is 0 Å². The van der Waals surface area contributed by atoms with Crippen molar-refractivity contribution in [3.63, 3.8) is 0 Å². The van der Waals surface area contributed by atoms with Crippen LogP contribution in [-0.4, -0.2) is 9.97 Å². The standard InChI is InChI=1S/C14H16N2O/c1-8-5-9(2)12(10(3)6-8)13-11(4)7-15-14(17)16-13/h5-7H,1-4H3,(H,15,16,17). The molecule has 0 aliphatic rings. The van der Waals surface area contributed by atoms with E-state index in [1.165, 1.54) is 16.7 Å². The number of benzene rings is 1. The molecular formula is C14H16N2O. The van der Waals surface area contributed by atoms with Crippen molar-refractivity contribution in [1.29, 1.82) is 0 Å². The summed E-state index contributed by atoms with van der Waals surface area (Å²) in [6.45, 7) is 8.16. The van der Waals surface area contributed by atoms with E-state index in [0.717, 1.165) is 16.8 Å². The van der Waals surface area contributed by atoms with Crippen LogP contribution in [0.25, 0.3) is 11.3 Å². The zero-order valence-electron chi connectivity index (χ0n) is 10.6. The fraction of sp³-hybridized carbons (Fsp3) is 0.286. The van der Waals surface area contributed by atoms with Gasteiger partial charge in [-0.15, -0.1) is 0 Å². The molecule has 1 heterocycles. The Balaban J connectivity index is 2.77. The molecule has 2 rings (SSSR count). The summed E-state index contributed by atoms with van der Waals surface area (Å²) in [7, 11) is 0. The predicted molar refractivity (Wildman–Crippen MR) is 69.2 cm³/mol. The summed E-state index contributed by atoms with van der Waals surface area (Å²) in [5.41, 5.74) is 6.25. The average molecular weight is 228 g/mol. The van der Waals surface area contributed by atoms with E-state index in [2.05, 4.69) is 42.9 Å². The second kappa shape index (κ2) is 4.17. The Morgan fingerprint density at radius 1 is 1.00 bits per heavy atom. The Morgan fingerprint density at radius 2 is 1.59 bits per heavy atom. The van der Waals surface area contributed by atoms with Crippen molar-refractivity contribution in [3.8, 4) is 11.3 Å². The summed E-state index contributed by atoms with van der Waals surface area (Å²) in [4.78, 5) is 17.9. The smallest absolute Gasteiger partial charge is 0.305 e. The molecule has 0 saturated heterocycles. The van der Waals surface area contributed by atoms with Gasteiger partial charge < -0.3 is 4.98 Å². The molecule has 0 bridgehead atoms. The van der Waals surface area contributed by atoms with Crippen LogP contribution in [0.15, 0.2) is 23.1 Å². The third-order valence-electron chi connectivity index (χ3n) is 2.93. The zero-order chi connectivity index (χ0) is 12.6. The second-order valence-electron chi connectivity index (χ2n) is 4.52. The Bertz CT molecular complexity index is 603. The van der Waals surface area contributed by atoms with Crippen LogP contribution in [0.2, 0.25) is 0 Å². The summed E-state index contributed by atoms with van der Waals surface area (Å²) >= 11 is 0. The second-order valence-corrected chi connectivity index (χ2v) is 4.52. The molecule has 3 heteroatoms. The van der Waals surface area contributed by atoms with Gasteiger partial charge in [-0.25, -0.2) is 9.78 Å². The number of aryl methyl sites for hydroxylation is 4. The first-order valence-electron chi connectivity index (χ1n) is 5.63. The summed E-state index contributed by atoms with van der Waals surface area (Å²) in [5, 5.41) is 0. The minimum Gasteiger partial charge on any atom is -0.305 e. The van der Waals surface area contributed by atoms with Crippen LogP contribution in [0.1, 0.15) is 22.3 Å². The highest BCUT2D eigenvalue weighted by molar-refractivity contribution is 5.70. The molecule has 0 aliphatic carbocycles. The number of H-pyrrole nitrogens is 1. The van der Waals surface area contributed by atoms with E-state index in [0.29, 0.717) is 0 Å². The molecule has 0 aliphatic heterocycles.